The number of thiazole rings is 1. The highest BCUT2D eigenvalue weighted by Crippen LogP contribution is 2.31. The van der Waals surface area contributed by atoms with Gasteiger partial charge in [-0.2, -0.15) is 0 Å². The molecule has 7 nitrogen and oxygen atoms in total. The number of amides is 2. The summed E-state index contributed by atoms with van der Waals surface area (Å²) in [4.78, 5) is 29.3. The normalized spacial score (nSPS) is 14.0. The van der Waals surface area contributed by atoms with E-state index < -0.39 is 17.8 Å². The van der Waals surface area contributed by atoms with Crippen molar-refractivity contribution < 1.29 is 23.8 Å². The Hall–Kier alpha value is -2.33. The molecule has 0 spiro atoms. The third-order valence-electron chi connectivity index (χ3n) is 4.64. The molecule has 2 N–H and O–H groups in total. The minimum Gasteiger partial charge on any atom is -0.494 e. The quantitative estimate of drug-likeness (QED) is 0.580. The molecule has 29 heavy (non-hydrogen) atoms. The van der Waals surface area contributed by atoms with Crippen molar-refractivity contribution in [1.82, 2.24) is 4.98 Å². The molecule has 1 aromatic carbocycles. The van der Waals surface area contributed by atoms with Gasteiger partial charge < -0.3 is 9.84 Å². The van der Waals surface area contributed by atoms with Crippen LogP contribution in [0.4, 0.5) is 20.0 Å². The molecule has 0 atom stereocenters. The van der Waals surface area contributed by atoms with Crippen molar-refractivity contribution in [3.63, 3.8) is 0 Å². The Morgan fingerprint density at radius 1 is 1.41 bits per heavy atom. The van der Waals surface area contributed by atoms with E-state index in [0.29, 0.717) is 27.5 Å². The zero-order chi connectivity index (χ0) is 20.8. The Balaban J connectivity index is 1.75. The minimum atomic E-state index is -0.918. The Morgan fingerprint density at radius 2 is 2.17 bits per heavy atom. The molecule has 156 valence electrons. The number of aliphatic carboxylic acids is 1. The van der Waals surface area contributed by atoms with Crippen molar-refractivity contribution in [3.05, 3.63) is 30.2 Å². The topological polar surface area (TPSA) is 91.8 Å². The van der Waals surface area contributed by atoms with Gasteiger partial charge in [0.2, 0.25) is 0 Å². The third-order valence-corrected chi connectivity index (χ3v) is 6.74. The fourth-order valence-electron chi connectivity index (χ4n) is 3.26. The number of urea groups is 1. The summed E-state index contributed by atoms with van der Waals surface area (Å²) >= 11 is 2.35. The summed E-state index contributed by atoms with van der Waals surface area (Å²) in [6.07, 6.45) is 5.87. The summed E-state index contributed by atoms with van der Waals surface area (Å²) < 4.78 is 19.9. The zero-order valence-corrected chi connectivity index (χ0v) is 17.5. The number of thioether (sulfide) groups is 1. The number of rotatable bonds is 8. The lowest BCUT2D eigenvalue weighted by Gasteiger charge is -2.26. The van der Waals surface area contributed by atoms with Gasteiger partial charge in [-0.25, -0.2) is 14.2 Å². The number of methoxy groups -OCH3 is 1. The SMILES string of the molecule is COc1ccc(N(CC2CCCC2)C(=O)Nc2ncc(SCC(=O)O)s2)cc1F. The number of carboxylic acid groups (broad SMARTS) is 1. The van der Waals surface area contributed by atoms with Crippen molar-refractivity contribution in [2.45, 2.75) is 29.9 Å². The molecule has 1 aliphatic rings. The molecule has 0 aliphatic heterocycles. The zero-order valence-electron chi connectivity index (χ0n) is 15.9. The number of anilines is 2. The fraction of sp³-hybridized carbons (Fsp3) is 0.421. The van der Waals surface area contributed by atoms with Crippen LogP contribution in [-0.4, -0.2) is 41.5 Å². The van der Waals surface area contributed by atoms with Crippen LogP contribution in [-0.2, 0) is 4.79 Å². The Labute approximate surface area is 176 Å². The number of nitrogens with zero attached hydrogens (tertiary/aromatic N) is 2. The van der Waals surface area contributed by atoms with Crippen molar-refractivity contribution in [1.29, 1.82) is 0 Å². The van der Waals surface area contributed by atoms with Crippen LogP contribution in [0.15, 0.2) is 28.6 Å². The van der Waals surface area contributed by atoms with Gasteiger partial charge in [0.1, 0.15) is 0 Å². The number of benzene rings is 1. The van der Waals surface area contributed by atoms with Gasteiger partial charge in [-0.3, -0.25) is 15.0 Å². The molecule has 3 rings (SSSR count). The lowest BCUT2D eigenvalue weighted by atomic mass is 10.1. The van der Waals surface area contributed by atoms with E-state index in [2.05, 4.69) is 10.3 Å². The van der Waals surface area contributed by atoms with Crippen molar-refractivity contribution in [2.75, 3.05) is 29.6 Å². The predicted molar refractivity (Wildman–Crippen MR) is 112 cm³/mol. The molecule has 2 amide bonds. The predicted octanol–water partition coefficient (Wildman–Crippen LogP) is 4.70. The van der Waals surface area contributed by atoms with Crippen molar-refractivity contribution in [3.8, 4) is 5.75 Å². The monoisotopic (exact) mass is 439 g/mol. The average molecular weight is 440 g/mol. The van der Waals surface area contributed by atoms with E-state index in [1.165, 1.54) is 41.7 Å². The summed E-state index contributed by atoms with van der Waals surface area (Å²) in [6.45, 7) is 0.490. The van der Waals surface area contributed by atoms with Crippen LogP contribution >= 0.6 is 23.1 Å². The number of hydrogen-bond donors (Lipinski definition) is 2. The van der Waals surface area contributed by atoms with Crippen molar-refractivity contribution >= 4 is 45.9 Å². The summed E-state index contributed by atoms with van der Waals surface area (Å²) in [5.74, 6) is -1.04. The van der Waals surface area contributed by atoms with Gasteiger partial charge in [0, 0.05) is 18.3 Å². The van der Waals surface area contributed by atoms with Crippen LogP contribution in [0, 0.1) is 11.7 Å². The smallest absolute Gasteiger partial charge is 0.328 e. The lowest BCUT2D eigenvalue weighted by molar-refractivity contribution is -0.133. The van der Waals surface area contributed by atoms with E-state index in [1.54, 1.807) is 6.07 Å². The molecule has 10 heteroatoms. The van der Waals surface area contributed by atoms with Crippen LogP contribution in [0.1, 0.15) is 25.7 Å². The molecule has 1 aromatic heterocycles. The maximum atomic E-state index is 14.2. The maximum absolute atomic E-state index is 14.2. The fourth-order valence-corrected chi connectivity index (χ4v) is 4.84. The van der Waals surface area contributed by atoms with Crippen LogP contribution in [0.3, 0.4) is 0 Å². The van der Waals surface area contributed by atoms with E-state index in [4.69, 9.17) is 9.84 Å². The Morgan fingerprint density at radius 3 is 2.83 bits per heavy atom. The highest BCUT2D eigenvalue weighted by molar-refractivity contribution is 8.01. The van der Waals surface area contributed by atoms with E-state index in [-0.39, 0.29) is 11.5 Å². The second-order valence-corrected chi connectivity index (χ2v) is 8.98. The first kappa shape index (κ1) is 21.4. The first-order valence-electron chi connectivity index (χ1n) is 9.18. The van der Waals surface area contributed by atoms with Gasteiger partial charge in [-0.05, 0) is 30.9 Å². The van der Waals surface area contributed by atoms with Crippen LogP contribution < -0.4 is 15.0 Å². The van der Waals surface area contributed by atoms with E-state index in [1.807, 2.05) is 0 Å². The second-order valence-electron chi connectivity index (χ2n) is 6.68. The molecule has 0 bridgehead atoms. The van der Waals surface area contributed by atoms with E-state index in [9.17, 15) is 14.0 Å². The third kappa shape index (κ3) is 5.83. The number of ether oxygens (including phenoxy) is 1. The summed E-state index contributed by atoms with van der Waals surface area (Å²) in [5.41, 5.74) is 0.449. The van der Waals surface area contributed by atoms with Gasteiger partial charge >= 0.3 is 12.0 Å². The van der Waals surface area contributed by atoms with Gasteiger partial charge in [0.25, 0.3) is 0 Å². The number of carbonyl (C=O) groups excluding carboxylic acids is 1. The molecule has 0 saturated heterocycles. The van der Waals surface area contributed by atoms with Crippen LogP contribution in [0.2, 0.25) is 0 Å². The Bertz CT molecular complexity index is 871. The number of aromatic nitrogens is 1. The van der Waals surface area contributed by atoms with E-state index >= 15 is 0 Å². The molecule has 1 fully saturated rings. The number of nitrogens with one attached hydrogen (secondary N) is 1. The summed E-state index contributed by atoms with van der Waals surface area (Å²) in [6, 6.07) is 4.06. The molecule has 0 unspecified atom stereocenters. The standard InChI is InChI=1S/C19H22FN3O4S2/c1-27-15-7-6-13(8-14(15)20)23(10-12-4-2-3-5-12)19(26)22-18-21-9-17(29-18)28-11-16(24)25/h6-9,12H,2-5,10-11H2,1H3,(H,24,25)(H,21,22,26). The summed E-state index contributed by atoms with van der Waals surface area (Å²) in [7, 11) is 1.39. The highest BCUT2D eigenvalue weighted by Gasteiger charge is 2.25. The van der Waals surface area contributed by atoms with Gasteiger partial charge in [0.15, 0.2) is 16.7 Å². The van der Waals surface area contributed by atoms with Gasteiger partial charge in [-0.15, -0.1) is 11.8 Å². The van der Waals surface area contributed by atoms with Gasteiger partial charge in [0.05, 0.1) is 23.3 Å². The molecule has 2 aromatic rings. The number of carbonyl (C=O) groups is 2. The molecular formula is C19H22FN3O4S2. The second kappa shape index (κ2) is 9.93. The lowest BCUT2D eigenvalue weighted by Crippen LogP contribution is -2.38. The molecular weight excluding hydrogens is 417 g/mol. The van der Waals surface area contributed by atoms with E-state index in [0.717, 1.165) is 37.4 Å². The number of halogens is 1. The van der Waals surface area contributed by atoms with Crippen molar-refractivity contribution in [2.24, 2.45) is 5.92 Å². The number of carboxylic acids is 1. The molecule has 1 aliphatic carbocycles. The Kier molecular flexibility index (Phi) is 7.32. The number of hydrogen-bond acceptors (Lipinski definition) is 6. The summed E-state index contributed by atoms with van der Waals surface area (Å²) in [5, 5.41) is 11.9. The van der Waals surface area contributed by atoms with Crippen LogP contribution in [0.5, 0.6) is 5.75 Å². The largest absolute Gasteiger partial charge is 0.494 e. The molecule has 1 saturated carbocycles. The molecule has 0 radical (unpaired) electrons. The van der Waals surface area contributed by atoms with Crippen LogP contribution in [0.25, 0.3) is 0 Å². The average Bonchev–Trinajstić information content (AvgIpc) is 3.36. The molecule has 1 heterocycles. The highest BCUT2D eigenvalue weighted by atomic mass is 32.2. The minimum absolute atomic E-state index is 0.0749. The first-order valence-corrected chi connectivity index (χ1v) is 11.0. The van der Waals surface area contributed by atoms with Gasteiger partial charge in [-0.1, -0.05) is 24.2 Å². The maximum Gasteiger partial charge on any atom is 0.328 e. The first-order chi connectivity index (χ1) is 14.0.